The van der Waals surface area contributed by atoms with Crippen molar-refractivity contribution < 1.29 is 4.79 Å². The Morgan fingerprint density at radius 2 is 2.00 bits per heavy atom. The predicted molar refractivity (Wildman–Crippen MR) is 62.0 cm³/mol. The maximum atomic E-state index is 10.5. The average molecular weight is 229 g/mol. The van der Waals surface area contributed by atoms with Crippen molar-refractivity contribution in [3.63, 3.8) is 0 Å². The fourth-order valence-electron chi connectivity index (χ4n) is 1.04. The highest BCUT2D eigenvalue weighted by Crippen LogP contribution is 2.19. The molecule has 76 valence electrons. The highest BCUT2D eigenvalue weighted by atomic mass is 35.5. The van der Waals surface area contributed by atoms with E-state index in [1.807, 2.05) is 0 Å². The minimum Gasteiger partial charge on any atom is -0.281 e. The van der Waals surface area contributed by atoms with Gasteiger partial charge in [-0.2, -0.15) is 0 Å². The van der Waals surface area contributed by atoms with Gasteiger partial charge >= 0.3 is 0 Å². The lowest BCUT2D eigenvalue weighted by Gasteiger charge is -2.00. The van der Waals surface area contributed by atoms with Gasteiger partial charge in [-0.3, -0.25) is 4.79 Å². The van der Waals surface area contributed by atoms with Crippen LogP contribution < -0.4 is 0 Å². The largest absolute Gasteiger partial charge is 0.281 e. The Bertz CT molecular complexity index is 295. The van der Waals surface area contributed by atoms with E-state index >= 15 is 0 Å². The summed E-state index contributed by atoms with van der Waals surface area (Å²) in [5.74, 6) is 0.946. The van der Waals surface area contributed by atoms with Gasteiger partial charge in [0.1, 0.15) is 0 Å². The highest BCUT2D eigenvalue weighted by molar-refractivity contribution is 7.99. The molecule has 0 unspecified atom stereocenters. The number of carbonyl (C=O) groups excluding carboxylic acids is 1. The van der Waals surface area contributed by atoms with Crippen molar-refractivity contribution in [1.29, 1.82) is 0 Å². The molecule has 1 nitrogen and oxygen atoms in total. The number of aryl methyl sites for hydroxylation is 1. The summed E-state index contributed by atoms with van der Waals surface area (Å²) in [6, 6.07) is 8.38. The van der Waals surface area contributed by atoms with Crippen LogP contribution in [0.4, 0.5) is 0 Å². The molecule has 0 amide bonds. The molecule has 1 aromatic carbocycles. The standard InChI is InChI=1S/C11H13ClOS/c1-9-4-6-10(7-5-9)14-8-2-3-11(12)13/h4-7H,2-3,8H2,1H3. The van der Waals surface area contributed by atoms with Crippen LogP contribution in [0.25, 0.3) is 0 Å². The first kappa shape index (κ1) is 11.6. The molecule has 0 aromatic heterocycles. The van der Waals surface area contributed by atoms with E-state index in [-0.39, 0.29) is 5.24 Å². The van der Waals surface area contributed by atoms with Gasteiger partial charge in [0.15, 0.2) is 0 Å². The van der Waals surface area contributed by atoms with Crippen molar-refractivity contribution in [2.45, 2.75) is 24.7 Å². The van der Waals surface area contributed by atoms with Gasteiger partial charge in [0, 0.05) is 11.3 Å². The Morgan fingerprint density at radius 3 is 2.57 bits per heavy atom. The van der Waals surface area contributed by atoms with Crippen LogP contribution in [-0.4, -0.2) is 11.0 Å². The molecule has 0 heterocycles. The molecule has 0 saturated heterocycles. The van der Waals surface area contributed by atoms with E-state index in [0.717, 1.165) is 12.2 Å². The van der Waals surface area contributed by atoms with Crippen LogP contribution in [0.2, 0.25) is 0 Å². The van der Waals surface area contributed by atoms with E-state index in [2.05, 4.69) is 31.2 Å². The Hall–Kier alpha value is -0.470. The summed E-state index contributed by atoms with van der Waals surface area (Å²) in [4.78, 5) is 11.7. The molecule has 0 N–H and O–H groups in total. The summed E-state index contributed by atoms with van der Waals surface area (Å²) in [6.45, 7) is 2.07. The second kappa shape index (κ2) is 6.10. The second-order valence-electron chi connectivity index (χ2n) is 3.12. The summed E-state index contributed by atoms with van der Waals surface area (Å²) in [5, 5.41) is -0.241. The molecule has 0 aliphatic rings. The second-order valence-corrected chi connectivity index (χ2v) is 4.71. The zero-order valence-electron chi connectivity index (χ0n) is 8.13. The lowest BCUT2D eigenvalue weighted by molar-refractivity contribution is -0.111. The molecule has 0 bridgehead atoms. The molecule has 0 aliphatic heterocycles. The van der Waals surface area contributed by atoms with E-state index in [0.29, 0.717) is 6.42 Å². The number of hydrogen-bond donors (Lipinski definition) is 0. The summed E-state index contributed by atoms with van der Waals surface area (Å²) in [6.07, 6.45) is 1.32. The molecule has 1 aromatic rings. The van der Waals surface area contributed by atoms with Crippen LogP contribution in [0.1, 0.15) is 18.4 Å². The number of thioether (sulfide) groups is 1. The van der Waals surface area contributed by atoms with E-state index < -0.39 is 0 Å². The van der Waals surface area contributed by atoms with E-state index in [4.69, 9.17) is 11.6 Å². The number of carbonyl (C=O) groups is 1. The molecular weight excluding hydrogens is 216 g/mol. The summed E-state index contributed by atoms with van der Waals surface area (Å²) in [7, 11) is 0. The Balaban J connectivity index is 2.25. The van der Waals surface area contributed by atoms with Crippen LogP contribution in [0.15, 0.2) is 29.2 Å². The molecular formula is C11H13ClOS. The monoisotopic (exact) mass is 228 g/mol. The first-order valence-corrected chi connectivity index (χ1v) is 5.92. The van der Waals surface area contributed by atoms with Gasteiger partial charge in [0.25, 0.3) is 0 Å². The van der Waals surface area contributed by atoms with E-state index in [9.17, 15) is 4.79 Å². The van der Waals surface area contributed by atoms with Gasteiger partial charge in [0.05, 0.1) is 0 Å². The minimum atomic E-state index is -0.241. The van der Waals surface area contributed by atoms with Crippen LogP contribution >= 0.6 is 23.4 Å². The van der Waals surface area contributed by atoms with Gasteiger partial charge in [-0.25, -0.2) is 0 Å². The summed E-state index contributed by atoms with van der Waals surface area (Å²) >= 11 is 6.99. The van der Waals surface area contributed by atoms with Crippen molar-refractivity contribution in [3.05, 3.63) is 29.8 Å². The Morgan fingerprint density at radius 1 is 1.36 bits per heavy atom. The first-order valence-electron chi connectivity index (χ1n) is 4.56. The molecule has 3 heteroatoms. The van der Waals surface area contributed by atoms with E-state index in [1.54, 1.807) is 11.8 Å². The van der Waals surface area contributed by atoms with Crippen LogP contribution in [0.5, 0.6) is 0 Å². The van der Waals surface area contributed by atoms with Gasteiger partial charge in [0.2, 0.25) is 5.24 Å². The fraction of sp³-hybridized carbons (Fsp3) is 0.364. The summed E-state index contributed by atoms with van der Waals surface area (Å²) < 4.78 is 0. The van der Waals surface area contributed by atoms with Crippen molar-refractivity contribution in [2.75, 3.05) is 5.75 Å². The number of benzene rings is 1. The van der Waals surface area contributed by atoms with Crippen molar-refractivity contribution >= 4 is 28.6 Å². The molecule has 0 atom stereocenters. The van der Waals surface area contributed by atoms with Gasteiger partial charge in [-0.1, -0.05) is 17.7 Å². The molecule has 0 radical (unpaired) electrons. The molecule has 14 heavy (non-hydrogen) atoms. The lowest BCUT2D eigenvalue weighted by Crippen LogP contribution is -1.87. The lowest BCUT2D eigenvalue weighted by atomic mass is 10.2. The Kier molecular flexibility index (Phi) is 5.05. The Labute approximate surface area is 93.8 Å². The fourth-order valence-corrected chi connectivity index (χ4v) is 2.02. The minimum absolute atomic E-state index is 0.241. The van der Waals surface area contributed by atoms with Gasteiger partial charge < -0.3 is 0 Å². The zero-order chi connectivity index (χ0) is 10.4. The molecule has 0 spiro atoms. The first-order chi connectivity index (χ1) is 6.68. The third kappa shape index (κ3) is 4.68. The predicted octanol–water partition coefficient (Wildman–Crippen LogP) is 3.63. The molecule has 1 rings (SSSR count). The molecule has 0 aliphatic carbocycles. The van der Waals surface area contributed by atoms with Crippen molar-refractivity contribution in [1.82, 2.24) is 0 Å². The molecule has 0 fully saturated rings. The average Bonchev–Trinajstić information content (AvgIpc) is 2.15. The van der Waals surface area contributed by atoms with Gasteiger partial charge in [-0.15, -0.1) is 11.8 Å². The number of halogens is 1. The quantitative estimate of drug-likeness (QED) is 0.435. The van der Waals surface area contributed by atoms with Crippen LogP contribution in [-0.2, 0) is 4.79 Å². The third-order valence-electron chi connectivity index (χ3n) is 1.81. The number of rotatable bonds is 5. The highest BCUT2D eigenvalue weighted by Gasteiger charge is 1.97. The van der Waals surface area contributed by atoms with Gasteiger partial charge in [-0.05, 0) is 42.8 Å². The molecule has 0 saturated carbocycles. The maximum Gasteiger partial charge on any atom is 0.221 e. The maximum absolute atomic E-state index is 10.5. The third-order valence-corrected chi connectivity index (χ3v) is 3.09. The van der Waals surface area contributed by atoms with Crippen molar-refractivity contribution in [2.24, 2.45) is 0 Å². The van der Waals surface area contributed by atoms with Crippen molar-refractivity contribution in [3.8, 4) is 0 Å². The summed E-state index contributed by atoms with van der Waals surface area (Å²) in [5.41, 5.74) is 1.27. The smallest absolute Gasteiger partial charge is 0.221 e. The van der Waals surface area contributed by atoms with Crippen LogP contribution in [0.3, 0.4) is 0 Å². The van der Waals surface area contributed by atoms with Crippen LogP contribution in [0, 0.1) is 6.92 Å². The van der Waals surface area contributed by atoms with E-state index in [1.165, 1.54) is 10.5 Å². The normalized spacial score (nSPS) is 10.1. The SMILES string of the molecule is Cc1ccc(SCCCC(=O)Cl)cc1. The number of hydrogen-bond acceptors (Lipinski definition) is 2. The topological polar surface area (TPSA) is 17.1 Å². The zero-order valence-corrected chi connectivity index (χ0v) is 9.70.